The zero-order valence-corrected chi connectivity index (χ0v) is 12.3. The van der Waals surface area contributed by atoms with Crippen LogP contribution >= 0.6 is 11.6 Å². The molecule has 0 aliphatic rings. The van der Waals surface area contributed by atoms with Gasteiger partial charge in [0.25, 0.3) is 0 Å². The molecule has 0 unspecified atom stereocenters. The van der Waals surface area contributed by atoms with E-state index in [1.807, 2.05) is 0 Å². The van der Waals surface area contributed by atoms with E-state index in [-0.39, 0.29) is 0 Å². The molecular formula is C13H8ClF4NO2S. The van der Waals surface area contributed by atoms with Gasteiger partial charge in [-0.05, 0) is 24.3 Å². The van der Waals surface area contributed by atoms with E-state index in [9.17, 15) is 26.0 Å². The number of hydrogen-bond donors (Lipinski definition) is 1. The van der Waals surface area contributed by atoms with Gasteiger partial charge in [0.05, 0.1) is 5.02 Å². The summed E-state index contributed by atoms with van der Waals surface area (Å²) in [6.45, 7) is -0.853. The van der Waals surface area contributed by atoms with Gasteiger partial charge in [-0.15, -0.1) is 0 Å². The summed E-state index contributed by atoms with van der Waals surface area (Å²) in [5.74, 6) is -4.84. The van der Waals surface area contributed by atoms with Gasteiger partial charge < -0.3 is 0 Å². The lowest BCUT2D eigenvalue weighted by Gasteiger charge is -2.10. The van der Waals surface area contributed by atoms with Crippen molar-refractivity contribution in [1.29, 1.82) is 0 Å². The topological polar surface area (TPSA) is 46.2 Å². The second-order valence-corrected chi connectivity index (χ2v) is 6.31. The zero-order chi connectivity index (χ0) is 16.5. The monoisotopic (exact) mass is 353 g/mol. The lowest BCUT2D eigenvalue weighted by atomic mass is 10.2. The number of rotatable bonds is 4. The van der Waals surface area contributed by atoms with Gasteiger partial charge in [-0.3, -0.25) is 0 Å². The van der Waals surface area contributed by atoms with Gasteiger partial charge in [0.2, 0.25) is 10.0 Å². The number of nitrogens with one attached hydrogen (secondary N) is 1. The summed E-state index contributed by atoms with van der Waals surface area (Å²) < 4.78 is 79.6. The molecule has 2 aromatic carbocycles. The molecule has 1 N–H and O–H groups in total. The summed E-state index contributed by atoms with van der Waals surface area (Å²) >= 11 is 5.46. The van der Waals surface area contributed by atoms with Crippen molar-refractivity contribution in [1.82, 2.24) is 4.72 Å². The van der Waals surface area contributed by atoms with Crippen molar-refractivity contribution in [2.45, 2.75) is 11.4 Å². The molecule has 0 aliphatic carbocycles. The fourth-order valence-corrected chi connectivity index (χ4v) is 3.01. The number of sulfonamides is 1. The Labute approximate surface area is 128 Å². The van der Waals surface area contributed by atoms with Gasteiger partial charge in [0.15, 0.2) is 4.90 Å². The Morgan fingerprint density at radius 1 is 0.955 bits per heavy atom. The molecule has 118 valence electrons. The maximum absolute atomic E-state index is 13.6. The second kappa shape index (κ2) is 6.23. The number of benzene rings is 2. The molecular weight excluding hydrogens is 346 g/mol. The molecule has 22 heavy (non-hydrogen) atoms. The Morgan fingerprint density at radius 2 is 1.55 bits per heavy atom. The van der Waals surface area contributed by atoms with Crippen molar-refractivity contribution in [2.75, 3.05) is 0 Å². The normalized spacial score (nSPS) is 11.7. The number of halogens is 5. The Morgan fingerprint density at radius 3 is 2.14 bits per heavy atom. The van der Waals surface area contributed by atoms with E-state index in [4.69, 9.17) is 11.6 Å². The van der Waals surface area contributed by atoms with Crippen LogP contribution in [0.3, 0.4) is 0 Å². The third kappa shape index (κ3) is 3.23. The summed E-state index contributed by atoms with van der Waals surface area (Å²) in [6, 6.07) is 4.29. The Kier molecular flexibility index (Phi) is 4.74. The molecule has 2 rings (SSSR count). The van der Waals surface area contributed by atoms with Gasteiger partial charge in [-0.1, -0.05) is 17.7 Å². The predicted molar refractivity (Wildman–Crippen MR) is 71.8 cm³/mol. The van der Waals surface area contributed by atoms with Gasteiger partial charge >= 0.3 is 0 Å². The van der Waals surface area contributed by atoms with E-state index in [0.717, 1.165) is 30.3 Å². The highest BCUT2D eigenvalue weighted by Crippen LogP contribution is 2.22. The molecule has 0 aliphatic heterocycles. The van der Waals surface area contributed by atoms with E-state index >= 15 is 0 Å². The zero-order valence-electron chi connectivity index (χ0n) is 10.7. The molecule has 9 heteroatoms. The van der Waals surface area contributed by atoms with Crippen LogP contribution in [0.5, 0.6) is 0 Å². The van der Waals surface area contributed by atoms with Crippen molar-refractivity contribution >= 4 is 21.6 Å². The SMILES string of the molecule is O=S(=O)(NCc1c(F)ccc(Cl)c1F)c1c(F)cccc1F. The van der Waals surface area contributed by atoms with Gasteiger partial charge in [-0.2, -0.15) is 0 Å². The molecule has 3 nitrogen and oxygen atoms in total. The van der Waals surface area contributed by atoms with Crippen molar-refractivity contribution in [2.24, 2.45) is 0 Å². The minimum absolute atomic E-state index is 0.410. The fraction of sp³-hybridized carbons (Fsp3) is 0.0769. The van der Waals surface area contributed by atoms with Crippen LogP contribution in [-0.2, 0) is 16.6 Å². The quantitative estimate of drug-likeness (QED) is 0.676. The number of hydrogen-bond acceptors (Lipinski definition) is 2. The van der Waals surface area contributed by atoms with Crippen molar-refractivity contribution < 1.29 is 26.0 Å². The minimum Gasteiger partial charge on any atom is -0.207 e. The second-order valence-electron chi connectivity index (χ2n) is 4.20. The molecule has 0 saturated heterocycles. The van der Waals surface area contributed by atoms with E-state index in [1.165, 1.54) is 0 Å². The molecule has 0 bridgehead atoms. The standard InChI is InChI=1S/C13H8ClF4NO2S/c14-8-4-5-9(15)7(12(8)18)6-19-22(20,21)13-10(16)2-1-3-11(13)17/h1-5,19H,6H2. The van der Waals surface area contributed by atoms with Crippen LogP contribution in [-0.4, -0.2) is 8.42 Å². The first-order valence-electron chi connectivity index (χ1n) is 5.80. The summed E-state index contributed by atoms with van der Waals surface area (Å²) in [5.41, 5.74) is -0.659. The first-order valence-corrected chi connectivity index (χ1v) is 7.66. The smallest absolute Gasteiger partial charge is 0.207 e. The van der Waals surface area contributed by atoms with Crippen molar-refractivity contribution in [3.63, 3.8) is 0 Å². The maximum Gasteiger partial charge on any atom is 0.246 e. The highest BCUT2D eigenvalue weighted by Gasteiger charge is 2.24. The Hall–Kier alpha value is -1.64. The summed E-state index contributed by atoms with van der Waals surface area (Å²) in [6.07, 6.45) is 0. The average molecular weight is 354 g/mol. The molecule has 0 spiro atoms. The predicted octanol–water partition coefficient (Wildman–Crippen LogP) is 3.37. The average Bonchev–Trinajstić information content (AvgIpc) is 2.42. The van der Waals surface area contributed by atoms with E-state index in [1.54, 1.807) is 4.72 Å². The molecule has 0 saturated carbocycles. The molecule has 0 fully saturated rings. The maximum atomic E-state index is 13.6. The highest BCUT2D eigenvalue weighted by molar-refractivity contribution is 7.89. The van der Waals surface area contributed by atoms with Crippen LogP contribution in [0.2, 0.25) is 5.02 Å². The third-order valence-corrected chi connectivity index (χ3v) is 4.51. The van der Waals surface area contributed by atoms with Crippen LogP contribution in [0, 0.1) is 23.3 Å². The van der Waals surface area contributed by atoms with E-state index in [2.05, 4.69) is 0 Å². The lowest BCUT2D eigenvalue weighted by molar-refractivity contribution is 0.511. The van der Waals surface area contributed by atoms with E-state index < -0.39 is 55.3 Å². The summed E-state index contributed by atoms with van der Waals surface area (Å²) in [7, 11) is -4.64. The lowest BCUT2D eigenvalue weighted by Crippen LogP contribution is -2.26. The van der Waals surface area contributed by atoms with Crippen LogP contribution in [0.25, 0.3) is 0 Å². The highest BCUT2D eigenvalue weighted by atomic mass is 35.5. The Bertz CT molecular complexity index is 807. The van der Waals surface area contributed by atoms with Crippen LogP contribution in [0.1, 0.15) is 5.56 Å². The van der Waals surface area contributed by atoms with Gasteiger partial charge in [0, 0.05) is 12.1 Å². The third-order valence-electron chi connectivity index (χ3n) is 2.77. The van der Waals surface area contributed by atoms with Crippen molar-refractivity contribution in [3.8, 4) is 0 Å². The molecule has 0 aromatic heterocycles. The van der Waals surface area contributed by atoms with Crippen LogP contribution < -0.4 is 4.72 Å². The van der Waals surface area contributed by atoms with Gasteiger partial charge in [-0.25, -0.2) is 30.7 Å². The van der Waals surface area contributed by atoms with Crippen LogP contribution in [0.15, 0.2) is 35.2 Å². The van der Waals surface area contributed by atoms with E-state index in [0.29, 0.717) is 0 Å². The molecule has 0 amide bonds. The molecule has 0 atom stereocenters. The fourth-order valence-electron chi connectivity index (χ4n) is 1.71. The summed E-state index contributed by atoms with van der Waals surface area (Å²) in [5, 5.41) is -0.410. The minimum atomic E-state index is -4.64. The summed E-state index contributed by atoms with van der Waals surface area (Å²) in [4.78, 5) is -1.22. The van der Waals surface area contributed by atoms with Crippen molar-refractivity contribution in [3.05, 3.63) is 64.2 Å². The molecule has 0 heterocycles. The van der Waals surface area contributed by atoms with Gasteiger partial charge in [0.1, 0.15) is 23.3 Å². The van der Waals surface area contributed by atoms with Crippen LogP contribution in [0.4, 0.5) is 17.6 Å². The Balaban J connectivity index is 2.34. The first kappa shape index (κ1) is 16.7. The molecule has 0 radical (unpaired) electrons. The first-order chi connectivity index (χ1) is 10.2. The molecule has 2 aromatic rings. The largest absolute Gasteiger partial charge is 0.246 e.